The fraction of sp³-hybridized carbons (Fsp3) is 0.500. The summed E-state index contributed by atoms with van der Waals surface area (Å²) in [4.78, 5) is 0. The predicted octanol–water partition coefficient (Wildman–Crippen LogP) is 2.95. The topological polar surface area (TPSA) is 38.7 Å². The van der Waals surface area contributed by atoms with Crippen LogP contribution in [0.5, 0.6) is 11.5 Å². The van der Waals surface area contributed by atoms with E-state index in [1.807, 2.05) is 0 Å². The molecule has 1 rings (SSSR count). The number of methoxy groups -OCH3 is 2. The third kappa shape index (κ3) is 2.69. The van der Waals surface area contributed by atoms with Gasteiger partial charge in [-0.3, -0.25) is 0 Å². The van der Waals surface area contributed by atoms with Crippen LogP contribution in [-0.4, -0.2) is 19.3 Å². The maximum Gasteiger partial charge on any atom is 0.416 e. The second kappa shape index (κ2) is 4.68. The zero-order valence-electron chi connectivity index (χ0n) is 10.6. The molecule has 0 spiro atoms. The van der Waals surface area contributed by atoms with Crippen LogP contribution in [0.2, 0.25) is 0 Å². The van der Waals surface area contributed by atoms with E-state index in [-0.39, 0.29) is 17.1 Å². The molecule has 0 aromatic heterocycles. The van der Waals surface area contributed by atoms with Gasteiger partial charge in [-0.1, -0.05) is 0 Å². The van der Waals surface area contributed by atoms with Gasteiger partial charge in [0.2, 0.25) is 0 Å². The van der Waals surface area contributed by atoms with Crippen molar-refractivity contribution in [2.24, 2.45) is 0 Å². The summed E-state index contributed by atoms with van der Waals surface area (Å²) in [5, 5.41) is 9.93. The summed E-state index contributed by atoms with van der Waals surface area (Å²) in [5.41, 5.74) is -2.98. The number of benzene rings is 1. The largest absolute Gasteiger partial charge is 0.493 e. The van der Waals surface area contributed by atoms with Crippen LogP contribution in [0.1, 0.15) is 25.0 Å². The van der Waals surface area contributed by atoms with Gasteiger partial charge in [0.25, 0.3) is 0 Å². The molecule has 1 aromatic carbocycles. The fourth-order valence-electron chi connectivity index (χ4n) is 1.77. The van der Waals surface area contributed by atoms with E-state index in [9.17, 15) is 18.3 Å². The minimum atomic E-state index is -4.57. The first-order chi connectivity index (χ1) is 8.12. The first kappa shape index (κ1) is 14.6. The third-order valence-electron chi connectivity index (χ3n) is 2.46. The Morgan fingerprint density at radius 2 is 1.61 bits per heavy atom. The molecule has 0 unspecified atom stereocenters. The van der Waals surface area contributed by atoms with Gasteiger partial charge in [0, 0.05) is 5.56 Å². The minimum Gasteiger partial charge on any atom is -0.493 e. The first-order valence-corrected chi connectivity index (χ1v) is 5.18. The lowest BCUT2D eigenvalue weighted by Gasteiger charge is -2.26. The molecule has 0 amide bonds. The second-order valence-electron chi connectivity index (χ2n) is 4.28. The fourth-order valence-corrected chi connectivity index (χ4v) is 1.77. The van der Waals surface area contributed by atoms with E-state index in [0.717, 1.165) is 12.1 Å². The van der Waals surface area contributed by atoms with Gasteiger partial charge in [-0.2, -0.15) is 13.2 Å². The van der Waals surface area contributed by atoms with Gasteiger partial charge in [0.05, 0.1) is 25.4 Å². The zero-order chi connectivity index (χ0) is 14.1. The van der Waals surface area contributed by atoms with Crippen molar-refractivity contribution in [2.45, 2.75) is 25.6 Å². The highest BCUT2D eigenvalue weighted by Crippen LogP contribution is 2.45. The standard InChI is InChI=1S/C12H15F3O3/c1-11(2,16)9-7(12(13,14)15)5-6-8(17-3)10(9)18-4/h5-6,16H,1-4H3. The molecular weight excluding hydrogens is 249 g/mol. The molecule has 1 aromatic rings. The SMILES string of the molecule is COc1ccc(C(F)(F)F)c(C(C)(C)O)c1OC. The molecule has 3 nitrogen and oxygen atoms in total. The van der Waals surface area contributed by atoms with Crippen LogP contribution < -0.4 is 9.47 Å². The minimum absolute atomic E-state index is 0.111. The molecule has 0 heterocycles. The third-order valence-corrected chi connectivity index (χ3v) is 2.46. The molecule has 1 N–H and O–H groups in total. The summed E-state index contributed by atoms with van der Waals surface area (Å²) in [6, 6.07) is 2.03. The molecule has 0 radical (unpaired) electrons. The van der Waals surface area contributed by atoms with E-state index >= 15 is 0 Å². The smallest absolute Gasteiger partial charge is 0.416 e. The van der Waals surface area contributed by atoms with Crippen LogP contribution in [0.15, 0.2) is 12.1 Å². The van der Waals surface area contributed by atoms with E-state index < -0.39 is 17.3 Å². The Kier molecular flexibility index (Phi) is 3.81. The average Bonchev–Trinajstić information content (AvgIpc) is 2.24. The number of alkyl halides is 3. The summed E-state index contributed by atoms with van der Waals surface area (Å²) >= 11 is 0. The average molecular weight is 264 g/mol. The highest BCUT2D eigenvalue weighted by Gasteiger charge is 2.40. The van der Waals surface area contributed by atoms with E-state index in [2.05, 4.69) is 0 Å². The van der Waals surface area contributed by atoms with Crippen molar-refractivity contribution < 1.29 is 27.8 Å². The molecule has 18 heavy (non-hydrogen) atoms. The monoisotopic (exact) mass is 264 g/mol. The molecule has 0 fully saturated rings. The lowest BCUT2D eigenvalue weighted by Crippen LogP contribution is -2.23. The first-order valence-electron chi connectivity index (χ1n) is 5.18. The van der Waals surface area contributed by atoms with Crippen molar-refractivity contribution in [2.75, 3.05) is 14.2 Å². The van der Waals surface area contributed by atoms with E-state index in [1.54, 1.807) is 0 Å². The van der Waals surface area contributed by atoms with Gasteiger partial charge < -0.3 is 14.6 Å². The second-order valence-corrected chi connectivity index (χ2v) is 4.28. The molecule has 102 valence electrons. The summed E-state index contributed by atoms with van der Waals surface area (Å²) < 4.78 is 48.7. The van der Waals surface area contributed by atoms with Crippen LogP contribution in [0.25, 0.3) is 0 Å². The van der Waals surface area contributed by atoms with Crippen LogP contribution in [0.4, 0.5) is 13.2 Å². The van der Waals surface area contributed by atoms with Crippen molar-refractivity contribution in [1.82, 2.24) is 0 Å². The summed E-state index contributed by atoms with van der Waals surface area (Å²) in [7, 11) is 2.55. The van der Waals surface area contributed by atoms with Crippen molar-refractivity contribution in [3.63, 3.8) is 0 Å². The van der Waals surface area contributed by atoms with Crippen molar-refractivity contribution in [1.29, 1.82) is 0 Å². The Labute approximate surface area is 103 Å². The Morgan fingerprint density at radius 1 is 1.06 bits per heavy atom. The van der Waals surface area contributed by atoms with E-state index in [0.29, 0.717) is 0 Å². The molecule has 0 aliphatic heterocycles. The Hall–Kier alpha value is -1.43. The van der Waals surface area contributed by atoms with Crippen molar-refractivity contribution >= 4 is 0 Å². The Morgan fingerprint density at radius 3 is 1.94 bits per heavy atom. The maximum atomic E-state index is 12.9. The normalized spacial score (nSPS) is 12.4. The highest BCUT2D eigenvalue weighted by atomic mass is 19.4. The Bertz CT molecular complexity index is 433. The van der Waals surface area contributed by atoms with Crippen molar-refractivity contribution in [3.8, 4) is 11.5 Å². The lowest BCUT2D eigenvalue weighted by atomic mass is 9.91. The molecule has 0 atom stereocenters. The summed E-state index contributed by atoms with van der Waals surface area (Å²) in [6.45, 7) is 2.53. The predicted molar refractivity (Wildman–Crippen MR) is 59.8 cm³/mol. The summed E-state index contributed by atoms with van der Waals surface area (Å²) in [6.07, 6.45) is -4.57. The van der Waals surface area contributed by atoms with Crippen LogP contribution in [-0.2, 0) is 11.8 Å². The van der Waals surface area contributed by atoms with E-state index in [4.69, 9.17) is 9.47 Å². The van der Waals surface area contributed by atoms with Gasteiger partial charge in [-0.25, -0.2) is 0 Å². The molecule has 0 bridgehead atoms. The highest BCUT2D eigenvalue weighted by molar-refractivity contribution is 5.54. The zero-order valence-corrected chi connectivity index (χ0v) is 10.6. The number of aliphatic hydroxyl groups is 1. The number of ether oxygens (including phenoxy) is 2. The number of hydrogen-bond acceptors (Lipinski definition) is 3. The Balaban J connectivity index is 3.66. The molecule has 0 aliphatic rings. The molecule has 0 saturated carbocycles. The molecule has 6 heteroatoms. The van der Waals surface area contributed by atoms with Crippen LogP contribution >= 0.6 is 0 Å². The van der Waals surface area contributed by atoms with Crippen LogP contribution in [0.3, 0.4) is 0 Å². The maximum absolute atomic E-state index is 12.9. The molecule has 0 saturated heterocycles. The van der Waals surface area contributed by atoms with Gasteiger partial charge in [0.15, 0.2) is 11.5 Å². The van der Waals surface area contributed by atoms with Crippen LogP contribution in [0, 0.1) is 0 Å². The number of rotatable bonds is 3. The molecule has 0 aliphatic carbocycles. The van der Waals surface area contributed by atoms with Gasteiger partial charge in [-0.05, 0) is 26.0 Å². The quantitative estimate of drug-likeness (QED) is 0.912. The van der Waals surface area contributed by atoms with Gasteiger partial charge >= 0.3 is 6.18 Å². The number of hydrogen-bond donors (Lipinski definition) is 1. The van der Waals surface area contributed by atoms with Gasteiger partial charge in [0.1, 0.15) is 0 Å². The summed E-state index contributed by atoms with van der Waals surface area (Å²) in [5.74, 6) is 0.0300. The van der Waals surface area contributed by atoms with E-state index in [1.165, 1.54) is 28.1 Å². The van der Waals surface area contributed by atoms with Crippen molar-refractivity contribution in [3.05, 3.63) is 23.3 Å². The number of halogens is 3. The lowest BCUT2D eigenvalue weighted by molar-refractivity contribution is -0.140. The molecular formula is C12H15F3O3. The van der Waals surface area contributed by atoms with Gasteiger partial charge in [-0.15, -0.1) is 0 Å².